The van der Waals surface area contributed by atoms with Crippen LogP contribution in [0.1, 0.15) is 11.1 Å². The first-order valence-electron chi connectivity index (χ1n) is 6.55. The summed E-state index contributed by atoms with van der Waals surface area (Å²) in [4.78, 5) is 2.18. The van der Waals surface area contributed by atoms with Gasteiger partial charge in [-0.3, -0.25) is 0 Å². The molecule has 4 heteroatoms. The lowest BCUT2D eigenvalue weighted by Crippen LogP contribution is -2.17. The van der Waals surface area contributed by atoms with Crippen LogP contribution >= 0.6 is 27.5 Å². The Bertz CT molecular complexity index is 586. The zero-order chi connectivity index (χ0) is 14.5. The van der Waals surface area contributed by atoms with Crippen molar-refractivity contribution in [3.8, 4) is 0 Å². The van der Waals surface area contributed by atoms with E-state index in [1.165, 1.54) is 5.56 Å². The van der Waals surface area contributed by atoms with Gasteiger partial charge in [-0.05, 0) is 58.2 Å². The van der Waals surface area contributed by atoms with Crippen LogP contribution in [-0.4, -0.2) is 13.6 Å². The second-order valence-corrected chi connectivity index (χ2v) is 6.03. The van der Waals surface area contributed by atoms with Crippen molar-refractivity contribution in [1.29, 1.82) is 0 Å². The van der Waals surface area contributed by atoms with E-state index in [-0.39, 0.29) is 0 Å². The Kier molecular flexibility index (Phi) is 5.46. The van der Waals surface area contributed by atoms with Crippen LogP contribution in [0.3, 0.4) is 0 Å². The monoisotopic (exact) mass is 352 g/mol. The molecule has 2 aromatic carbocycles. The van der Waals surface area contributed by atoms with Crippen molar-refractivity contribution in [3.05, 3.63) is 63.1 Å². The molecule has 0 radical (unpaired) electrons. The van der Waals surface area contributed by atoms with Gasteiger partial charge in [-0.25, -0.2) is 0 Å². The highest BCUT2D eigenvalue weighted by molar-refractivity contribution is 9.10. The lowest BCUT2D eigenvalue weighted by Gasteiger charge is -2.22. The Morgan fingerprint density at radius 3 is 2.60 bits per heavy atom. The maximum atomic E-state index is 6.21. The maximum absolute atomic E-state index is 6.21. The van der Waals surface area contributed by atoms with E-state index in [1.54, 1.807) is 0 Å². The summed E-state index contributed by atoms with van der Waals surface area (Å²) in [5, 5.41) is 0.801. The molecule has 0 atom stereocenters. The molecule has 0 fully saturated rings. The van der Waals surface area contributed by atoms with Gasteiger partial charge in [-0.15, -0.1) is 0 Å². The van der Waals surface area contributed by atoms with E-state index in [0.29, 0.717) is 6.54 Å². The highest BCUT2D eigenvalue weighted by Crippen LogP contribution is 2.28. The van der Waals surface area contributed by atoms with E-state index in [9.17, 15) is 0 Å². The summed E-state index contributed by atoms with van der Waals surface area (Å²) < 4.78 is 1.08. The first-order valence-corrected chi connectivity index (χ1v) is 7.72. The van der Waals surface area contributed by atoms with Gasteiger partial charge in [-0.1, -0.05) is 35.9 Å². The predicted octanol–water partition coefficient (Wildman–Crippen LogP) is 4.24. The minimum atomic E-state index is 0.668. The van der Waals surface area contributed by atoms with Crippen molar-refractivity contribution >= 4 is 33.2 Å². The summed E-state index contributed by atoms with van der Waals surface area (Å²) in [6.07, 6.45) is 0.896. The third kappa shape index (κ3) is 3.75. The minimum absolute atomic E-state index is 0.668. The molecule has 2 nitrogen and oxygen atoms in total. The Hall–Kier alpha value is -1.03. The van der Waals surface area contributed by atoms with Gasteiger partial charge in [0.05, 0.1) is 5.69 Å². The van der Waals surface area contributed by atoms with E-state index in [0.717, 1.165) is 33.7 Å². The van der Waals surface area contributed by atoms with Crippen LogP contribution in [0.4, 0.5) is 5.69 Å². The van der Waals surface area contributed by atoms with E-state index in [2.05, 4.69) is 52.1 Å². The Labute approximate surface area is 133 Å². The molecule has 2 rings (SSSR count). The van der Waals surface area contributed by atoms with Crippen molar-refractivity contribution in [2.75, 3.05) is 18.5 Å². The summed E-state index contributed by atoms with van der Waals surface area (Å²) in [5.74, 6) is 0. The third-order valence-electron chi connectivity index (χ3n) is 3.22. The fourth-order valence-corrected chi connectivity index (χ4v) is 3.07. The summed E-state index contributed by atoms with van der Waals surface area (Å²) in [6, 6.07) is 14.3. The average Bonchev–Trinajstić information content (AvgIpc) is 2.42. The molecule has 2 N–H and O–H groups in total. The molecule has 0 amide bonds. The molecule has 106 valence electrons. The van der Waals surface area contributed by atoms with Crippen molar-refractivity contribution in [2.24, 2.45) is 5.73 Å². The zero-order valence-corrected chi connectivity index (χ0v) is 13.8. The first kappa shape index (κ1) is 15.4. The van der Waals surface area contributed by atoms with E-state index in [4.69, 9.17) is 17.3 Å². The summed E-state index contributed by atoms with van der Waals surface area (Å²) >= 11 is 9.84. The van der Waals surface area contributed by atoms with Gasteiger partial charge in [0.15, 0.2) is 0 Å². The largest absolute Gasteiger partial charge is 0.369 e. The number of nitrogens with two attached hydrogens (primary N) is 1. The predicted molar refractivity (Wildman–Crippen MR) is 90.5 cm³/mol. The highest BCUT2D eigenvalue weighted by atomic mass is 79.9. The van der Waals surface area contributed by atoms with Crippen LogP contribution < -0.4 is 10.6 Å². The highest BCUT2D eigenvalue weighted by Gasteiger charge is 2.09. The average molecular weight is 354 g/mol. The molecule has 0 aliphatic rings. The van der Waals surface area contributed by atoms with Gasteiger partial charge in [0.1, 0.15) is 0 Å². The van der Waals surface area contributed by atoms with Crippen molar-refractivity contribution in [1.82, 2.24) is 0 Å². The lowest BCUT2D eigenvalue weighted by molar-refractivity contribution is 0.915. The molecule has 0 spiro atoms. The molecule has 0 aromatic heterocycles. The molecule has 0 saturated carbocycles. The first-order chi connectivity index (χ1) is 9.61. The smallest absolute Gasteiger partial charge is 0.0511 e. The van der Waals surface area contributed by atoms with E-state index >= 15 is 0 Å². The molecule has 0 heterocycles. The SMILES string of the molecule is CN(Cc1ccccc1Cl)c1ccc(CCN)cc1Br. The van der Waals surface area contributed by atoms with Crippen molar-refractivity contribution in [2.45, 2.75) is 13.0 Å². The molecule has 0 saturated heterocycles. The molecule has 0 aliphatic heterocycles. The molecule has 0 aliphatic carbocycles. The van der Waals surface area contributed by atoms with Crippen LogP contribution in [0.15, 0.2) is 46.9 Å². The number of hydrogen-bond acceptors (Lipinski definition) is 2. The number of anilines is 1. The van der Waals surface area contributed by atoms with Gasteiger partial charge >= 0.3 is 0 Å². The number of halogens is 2. The van der Waals surface area contributed by atoms with Gasteiger partial charge < -0.3 is 10.6 Å². The lowest BCUT2D eigenvalue weighted by atomic mass is 10.1. The van der Waals surface area contributed by atoms with Gasteiger partial charge in [-0.2, -0.15) is 0 Å². The minimum Gasteiger partial charge on any atom is -0.369 e. The topological polar surface area (TPSA) is 29.3 Å². The number of nitrogens with zero attached hydrogens (tertiary/aromatic N) is 1. The fraction of sp³-hybridized carbons (Fsp3) is 0.250. The van der Waals surface area contributed by atoms with Crippen LogP contribution in [0.2, 0.25) is 5.02 Å². The van der Waals surface area contributed by atoms with E-state index in [1.807, 2.05) is 18.2 Å². The summed E-state index contributed by atoms with van der Waals surface area (Å²) in [7, 11) is 2.06. The molecule has 2 aromatic rings. The number of rotatable bonds is 5. The molecule has 0 unspecified atom stereocenters. The van der Waals surface area contributed by atoms with E-state index < -0.39 is 0 Å². The number of benzene rings is 2. The van der Waals surface area contributed by atoms with Crippen LogP contribution in [0.5, 0.6) is 0 Å². The van der Waals surface area contributed by atoms with Gasteiger partial charge in [0.25, 0.3) is 0 Å². The summed E-state index contributed by atoms with van der Waals surface area (Å²) in [5.41, 5.74) is 9.10. The quantitative estimate of drug-likeness (QED) is 0.871. The Morgan fingerprint density at radius 1 is 1.20 bits per heavy atom. The Morgan fingerprint density at radius 2 is 1.95 bits per heavy atom. The zero-order valence-electron chi connectivity index (χ0n) is 11.4. The third-order valence-corrected chi connectivity index (χ3v) is 4.23. The maximum Gasteiger partial charge on any atom is 0.0511 e. The second-order valence-electron chi connectivity index (χ2n) is 4.77. The molecule has 0 bridgehead atoms. The van der Waals surface area contributed by atoms with Crippen molar-refractivity contribution < 1.29 is 0 Å². The van der Waals surface area contributed by atoms with Crippen molar-refractivity contribution in [3.63, 3.8) is 0 Å². The van der Waals surface area contributed by atoms with Crippen LogP contribution in [-0.2, 0) is 13.0 Å². The second kappa shape index (κ2) is 7.11. The van der Waals surface area contributed by atoms with Crippen LogP contribution in [0.25, 0.3) is 0 Å². The molecule has 20 heavy (non-hydrogen) atoms. The molecular weight excluding hydrogens is 336 g/mol. The van der Waals surface area contributed by atoms with Crippen LogP contribution in [0, 0.1) is 0 Å². The normalized spacial score (nSPS) is 10.6. The van der Waals surface area contributed by atoms with Gasteiger partial charge in [0.2, 0.25) is 0 Å². The number of hydrogen-bond donors (Lipinski definition) is 1. The van der Waals surface area contributed by atoms with Gasteiger partial charge in [0, 0.05) is 23.1 Å². The Balaban J connectivity index is 2.17. The summed E-state index contributed by atoms with van der Waals surface area (Å²) in [6.45, 7) is 1.44. The molecular formula is C16H18BrClN2. The standard InChI is InChI=1S/C16H18BrClN2/c1-20(11-13-4-2-3-5-15(13)18)16-7-6-12(8-9-19)10-14(16)17/h2-7,10H,8-9,11,19H2,1H3. The fourth-order valence-electron chi connectivity index (χ4n) is 2.15.